The third kappa shape index (κ3) is 7.75. The summed E-state index contributed by atoms with van der Waals surface area (Å²) in [6.45, 7) is -1.06. The van der Waals surface area contributed by atoms with Gasteiger partial charge in [0.15, 0.2) is 9.79 Å². The maximum atomic E-state index is 13.9. The molecule has 0 spiro atoms. The minimum absolute atomic E-state index is 0.125. The van der Waals surface area contributed by atoms with Crippen LogP contribution in [0.2, 0.25) is 0 Å². The van der Waals surface area contributed by atoms with Crippen LogP contribution in [0.25, 0.3) is 0 Å². The monoisotopic (exact) mass is 669 g/mol. The van der Waals surface area contributed by atoms with Crippen LogP contribution in [0.4, 0.5) is 17.1 Å². The second kappa shape index (κ2) is 14.3. The highest BCUT2D eigenvalue weighted by atomic mass is 32.2. The first-order chi connectivity index (χ1) is 21.8. The number of hydrogen-bond donors (Lipinski definition) is 0. The lowest BCUT2D eigenvalue weighted by Crippen LogP contribution is -2.36. The molecule has 15 nitrogen and oxygen atoms in total. The molecular weight excluding hydrogens is 642 g/mol. The van der Waals surface area contributed by atoms with Gasteiger partial charge in [0.25, 0.3) is 17.1 Å². The molecule has 0 fully saturated rings. The Morgan fingerprint density at radius 1 is 0.522 bits per heavy atom. The highest BCUT2D eigenvalue weighted by Crippen LogP contribution is 2.32. The lowest BCUT2D eigenvalue weighted by molar-refractivity contribution is -0.396. The maximum Gasteiger partial charge on any atom is 0.296 e. The summed E-state index contributed by atoms with van der Waals surface area (Å²) < 4.78 is 57.3. The number of sulfonamides is 2. The van der Waals surface area contributed by atoms with E-state index in [0.717, 1.165) is 32.9 Å². The minimum Gasteiger partial charge on any atom is -0.258 e. The molecule has 4 rings (SSSR count). The van der Waals surface area contributed by atoms with Crippen LogP contribution in [0.15, 0.2) is 113 Å². The van der Waals surface area contributed by atoms with Gasteiger partial charge in [-0.15, -0.1) is 0 Å². The van der Waals surface area contributed by atoms with E-state index >= 15 is 0 Å². The Hall–Kier alpha value is -5.10. The molecule has 0 radical (unpaired) electrons. The molecule has 0 N–H and O–H groups in total. The highest BCUT2D eigenvalue weighted by molar-refractivity contribution is 7.89. The Labute approximate surface area is 263 Å². The molecule has 0 saturated heterocycles. The Bertz CT molecular complexity index is 1960. The van der Waals surface area contributed by atoms with E-state index in [0.29, 0.717) is 17.2 Å². The van der Waals surface area contributed by atoms with E-state index in [1.165, 1.54) is 12.1 Å². The zero-order valence-electron chi connectivity index (χ0n) is 24.0. The Kier molecular flexibility index (Phi) is 10.5. The fourth-order valence-electron chi connectivity index (χ4n) is 4.65. The van der Waals surface area contributed by atoms with Crippen LogP contribution < -0.4 is 0 Å². The number of hydrogen-bond acceptors (Lipinski definition) is 10. The summed E-state index contributed by atoms with van der Waals surface area (Å²) in [6, 6.07) is 23.8. The normalized spacial score (nSPS) is 11.9. The van der Waals surface area contributed by atoms with Gasteiger partial charge in [0.1, 0.15) is 0 Å². The second-order valence-electron chi connectivity index (χ2n) is 9.89. The average Bonchev–Trinajstić information content (AvgIpc) is 3.04. The van der Waals surface area contributed by atoms with Crippen molar-refractivity contribution in [1.29, 1.82) is 0 Å². The third-order valence-corrected chi connectivity index (χ3v) is 10.7. The predicted molar refractivity (Wildman–Crippen MR) is 166 cm³/mol. The van der Waals surface area contributed by atoms with Gasteiger partial charge in [0.05, 0.1) is 20.8 Å². The Morgan fingerprint density at radius 2 is 0.957 bits per heavy atom. The van der Waals surface area contributed by atoms with Gasteiger partial charge < -0.3 is 0 Å². The predicted octanol–water partition coefficient (Wildman–Crippen LogP) is 4.88. The van der Waals surface area contributed by atoms with Crippen molar-refractivity contribution >= 4 is 37.1 Å². The molecule has 0 aromatic heterocycles. The average molecular weight is 670 g/mol. The lowest BCUT2D eigenvalue weighted by Gasteiger charge is -2.25. The summed E-state index contributed by atoms with van der Waals surface area (Å²) in [4.78, 5) is 30.7. The molecule has 4 aromatic carbocycles. The smallest absolute Gasteiger partial charge is 0.258 e. The van der Waals surface area contributed by atoms with Gasteiger partial charge in [-0.25, -0.2) is 16.8 Å². The molecule has 0 aliphatic carbocycles. The van der Waals surface area contributed by atoms with Crippen LogP contribution in [-0.2, 0) is 33.1 Å². The molecule has 0 atom stereocenters. The molecule has 46 heavy (non-hydrogen) atoms. The fraction of sp³-hybridized carbons (Fsp3) is 0.172. The quantitative estimate of drug-likeness (QED) is 0.124. The maximum absolute atomic E-state index is 13.9. The summed E-state index contributed by atoms with van der Waals surface area (Å²) in [5.41, 5.74) is -1.20. The first-order valence-corrected chi connectivity index (χ1v) is 16.4. The SMILES string of the molecule is O=[N+]([O-])c1ccc(S(=O)(=O)N(CCCN(Cc2ccccc2)S(=O)(=O)c2ccccc2[N+](=O)[O-])Cc2ccccc2)c([N+](=O)[O-])c1. The van der Waals surface area contributed by atoms with Gasteiger partial charge in [-0.1, -0.05) is 72.8 Å². The number of benzene rings is 4. The van der Waals surface area contributed by atoms with E-state index in [1.54, 1.807) is 60.7 Å². The van der Waals surface area contributed by atoms with Gasteiger partial charge >= 0.3 is 0 Å². The molecule has 0 aliphatic rings. The zero-order chi connectivity index (χ0) is 33.5. The van der Waals surface area contributed by atoms with Crippen LogP contribution in [0, 0.1) is 30.3 Å². The number of rotatable bonds is 15. The molecule has 0 amide bonds. The standard InChI is InChI=1S/C29H27N5O10S2/c35-32(36)25-16-17-29(27(20-25)34(39)40)46(43,44)31(22-24-12-5-2-6-13-24)19-9-18-30(21-23-10-3-1-4-11-23)45(41,42)28-15-8-7-14-26(28)33(37)38/h1-8,10-17,20H,9,18-19,21-22H2. The number of para-hydroxylation sites is 1. The summed E-state index contributed by atoms with van der Waals surface area (Å²) in [5.74, 6) is 0. The van der Waals surface area contributed by atoms with Gasteiger partial charge in [0.2, 0.25) is 20.0 Å². The molecule has 240 valence electrons. The van der Waals surface area contributed by atoms with Gasteiger partial charge in [-0.05, 0) is 29.7 Å². The van der Waals surface area contributed by atoms with Gasteiger partial charge in [-0.3, -0.25) is 30.3 Å². The van der Waals surface area contributed by atoms with Crippen LogP contribution in [0.1, 0.15) is 17.5 Å². The van der Waals surface area contributed by atoms with E-state index < -0.39 is 61.7 Å². The number of nitro benzene ring substituents is 3. The van der Waals surface area contributed by atoms with Crippen molar-refractivity contribution in [2.24, 2.45) is 0 Å². The van der Waals surface area contributed by atoms with E-state index in [1.807, 2.05) is 0 Å². The van der Waals surface area contributed by atoms with Crippen molar-refractivity contribution in [2.45, 2.75) is 29.3 Å². The van der Waals surface area contributed by atoms with Gasteiger partial charge in [-0.2, -0.15) is 8.61 Å². The summed E-state index contributed by atoms with van der Waals surface area (Å²) in [7, 11) is -9.15. The lowest BCUT2D eigenvalue weighted by atomic mass is 10.2. The number of nitrogens with zero attached hydrogens (tertiary/aromatic N) is 5. The summed E-state index contributed by atoms with van der Waals surface area (Å²) in [6.07, 6.45) is -0.125. The molecule has 4 aromatic rings. The first-order valence-electron chi connectivity index (χ1n) is 13.6. The van der Waals surface area contributed by atoms with E-state index in [4.69, 9.17) is 0 Å². The minimum atomic E-state index is -4.67. The number of non-ortho nitro benzene ring substituents is 1. The fourth-order valence-corrected chi connectivity index (χ4v) is 7.88. The van der Waals surface area contributed by atoms with Crippen LogP contribution in [0.3, 0.4) is 0 Å². The van der Waals surface area contributed by atoms with Crippen molar-refractivity contribution in [3.05, 3.63) is 145 Å². The zero-order valence-corrected chi connectivity index (χ0v) is 25.6. The number of nitro groups is 3. The largest absolute Gasteiger partial charge is 0.296 e. The molecule has 0 unspecified atom stereocenters. The van der Waals surface area contributed by atoms with Crippen LogP contribution in [-0.4, -0.2) is 53.3 Å². The summed E-state index contributed by atoms with van der Waals surface area (Å²) in [5, 5.41) is 34.7. The topological polar surface area (TPSA) is 204 Å². The van der Waals surface area contributed by atoms with Crippen molar-refractivity contribution in [3.63, 3.8) is 0 Å². The van der Waals surface area contributed by atoms with Crippen LogP contribution >= 0.6 is 0 Å². The van der Waals surface area contributed by atoms with E-state index in [2.05, 4.69) is 0 Å². The van der Waals surface area contributed by atoms with Crippen molar-refractivity contribution in [2.75, 3.05) is 13.1 Å². The van der Waals surface area contributed by atoms with E-state index in [9.17, 15) is 47.2 Å². The first kappa shape index (κ1) is 33.8. The van der Waals surface area contributed by atoms with Gasteiger partial charge in [0, 0.05) is 38.3 Å². The molecule has 17 heteroatoms. The summed E-state index contributed by atoms with van der Waals surface area (Å²) >= 11 is 0. The second-order valence-corrected chi connectivity index (χ2v) is 13.7. The van der Waals surface area contributed by atoms with Crippen molar-refractivity contribution < 1.29 is 31.6 Å². The molecule has 0 heterocycles. The molecule has 0 aliphatic heterocycles. The van der Waals surface area contributed by atoms with Crippen molar-refractivity contribution in [3.8, 4) is 0 Å². The molecule has 0 bridgehead atoms. The van der Waals surface area contributed by atoms with E-state index in [-0.39, 0.29) is 32.6 Å². The molecular formula is C29H27N5O10S2. The van der Waals surface area contributed by atoms with Crippen molar-refractivity contribution in [1.82, 2.24) is 8.61 Å². The van der Waals surface area contributed by atoms with Crippen LogP contribution in [0.5, 0.6) is 0 Å². The third-order valence-electron chi connectivity index (χ3n) is 6.87. The molecule has 0 saturated carbocycles. The highest BCUT2D eigenvalue weighted by Gasteiger charge is 2.35. The Balaban J connectivity index is 1.71. The Morgan fingerprint density at radius 3 is 1.41 bits per heavy atom.